The molecule has 0 aliphatic carbocycles. The molecule has 0 spiro atoms. The van der Waals surface area contributed by atoms with Gasteiger partial charge < -0.3 is 15.5 Å². The lowest BCUT2D eigenvalue weighted by Gasteiger charge is -2.21. The van der Waals surface area contributed by atoms with Crippen LogP contribution in [0.15, 0.2) is 42.5 Å². The van der Waals surface area contributed by atoms with Crippen LogP contribution in [0.4, 0.5) is 25.0 Å². The molecule has 2 aromatic rings. The number of halogens is 2. The molecule has 5 nitrogen and oxygen atoms in total. The first-order chi connectivity index (χ1) is 12.4. The van der Waals surface area contributed by atoms with Gasteiger partial charge in [0.1, 0.15) is 11.6 Å². The quantitative estimate of drug-likeness (QED) is 0.821. The number of anilines is 2. The summed E-state index contributed by atoms with van der Waals surface area (Å²) in [4.78, 5) is 25.7. The maximum Gasteiger partial charge on any atom is 0.319 e. The maximum atomic E-state index is 14.0. The number of amides is 2. The third-order valence-corrected chi connectivity index (χ3v) is 4.31. The minimum Gasteiger partial charge on any atom is -0.369 e. The standard InChI is InChI=1S/C19H19F2N3O2/c1-12(25)18-16(21)3-2-4-17(18)24-10-9-15(11-24)23-19(26)22-14-7-5-13(20)6-8-14/h2-8,15H,9-11H2,1H3,(H2,22,23,26). The topological polar surface area (TPSA) is 61.4 Å². The van der Waals surface area contributed by atoms with Gasteiger partial charge in [-0.05, 0) is 49.7 Å². The molecule has 1 fully saturated rings. The van der Waals surface area contributed by atoms with Gasteiger partial charge in [-0.25, -0.2) is 13.6 Å². The lowest BCUT2D eigenvalue weighted by molar-refractivity contribution is 0.101. The molecule has 2 aromatic carbocycles. The van der Waals surface area contributed by atoms with Gasteiger partial charge in [-0.1, -0.05) is 6.07 Å². The predicted molar refractivity (Wildman–Crippen MR) is 95.6 cm³/mol. The van der Waals surface area contributed by atoms with Crippen LogP contribution < -0.4 is 15.5 Å². The second-order valence-corrected chi connectivity index (χ2v) is 6.23. The van der Waals surface area contributed by atoms with Crippen LogP contribution in [0.25, 0.3) is 0 Å². The summed E-state index contributed by atoms with van der Waals surface area (Å²) in [6.07, 6.45) is 0.671. The Hall–Kier alpha value is -2.96. The number of rotatable bonds is 4. The van der Waals surface area contributed by atoms with Crippen molar-refractivity contribution in [3.8, 4) is 0 Å². The number of nitrogens with zero attached hydrogens (tertiary/aromatic N) is 1. The lowest BCUT2D eigenvalue weighted by Crippen LogP contribution is -2.39. The van der Waals surface area contributed by atoms with Gasteiger partial charge in [-0.15, -0.1) is 0 Å². The van der Waals surface area contributed by atoms with Crippen LogP contribution in [0.5, 0.6) is 0 Å². The number of hydrogen-bond acceptors (Lipinski definition) is 3. The minimum absolute atomic E-state index is 0.0731. The van der Waals surface area contributed by atoms with Crippen molar-refractivity contribution in [2.45, 2.75) is 19.4 Å². The molecule has 0 saturated carbocycles. The summed E-state index contributed by atoms with van der Waals surface area (Å²) in [5.41, 5.74) is 1.10. The lowest BCUT2D eigenvalue weighted by atomic mass is 10.1. The molecule has 26 heavy (non-hydrogen) atoms. The van der Waals surface area contributed by atoms with E-state index in [1.54, 1.807) is 12.1 Å². The Morgan fingerprint density at radius 1 is 1.12 bits per heavy atom. The van der Waals surface area contributed by atoms with E-state index < -0.39 is 11.8 Å². The number of Topliss-reactive ketones (excluding diaryl/α,β-unsaturated/α-hetero) is 1. The second-order valence-electron chi connectivity index (χ2n) is 6.23. The van der Waals surface area contributed by atoms with Gasteiger partial charge in [0.15, 0.2) is 5.78 Å². The molecule has 2 amide bonds. The van der Waals surface area contributed by atoms with Crippen LogP contribution in [0.2, 0.25) is 0 Å². The summed E-state index contributed by atoms with van der Waals surface area (Å²) >= 11 is 0. The van der Waals surface area contributed by atoms with Gasteiger partial charge >= 0.3 is 6.03 Å². The summed E-state index contributed by atoms with van der Waals surface area (Å²) < 4.78 is 26.9. The van der Waals surface area contributed by atoms with E-state index >= 15 is 0 Å². The number of carbonyl (C=O) groups excluding carboxylic acids is 2. The highest BCUT2D eigenvalue weighted by Gasteiger charge is 2.27. The molecule has 1 heterocycles. The van der Waals surface area contributed by atoms with Crippen molar-refractivity contribution in [3.63, 3.8) is 0 Å². The van der Waals surface area contributed by atoms with Crippen LogP contribution in [0.3, 0.4) is 0 Å². The van der Waals surface area contributed by atoms with Crippen molar-refractivity contribution in [3.05, 3.63) is 59.7 Å². The van der Waals surface area contributed by atoms with Crippen molar-refractivity contribution < 1.29 is 18.4 Å². The zero-order chi connectivity index (χ0) is 18.7. The molecular formula is C19H19F2N3O2. The largest absolute Gasteiger partial charge is 0.369 e. The molecule has 0 bridgehead atoms. The van der Waals surface area contributed by atoms with E-state index in [-0.39, 0.29) is 23.2 Å². The highest BCUT2D eigenvalue weighted by Crippen LogP contribution is 2.27. The molecule has 0 aromatic heterocycles. The highest BCUT2D eigenvalue weighted by atomic mass is 19.1. The maximum absolute atomic E-state index is 14.0. The van der Waals surface area contributed by atoms with E-state index in [2.05, 4.69) is 10.6 Å². The van der Waals surface area contributed by atoms with Gasteiger partial charge in [0.25, 0.3) is 0 Å². The summed E-state index contributed by atoms with van der Waals surface area (Å²) in [6.45, 7) is 2.41. The molecule has 1 unspecified atom stereocenters. The molecule has 136 valence electrons. The van der Waals surface area contributed by atoms with Gasteiger partial charge in [0, 0.05) is 24.8 Å². The first-order valence-electron chi connectivity index (χ1n) is 8.31. The molecule has 2 N–H and O–H groups in total. The number of carbonyl (C=O) groups is 2. The minimum atomic E-state index is -0.541. The van der Waals surface area contributed by atoms with Gasteiger partial charge in [0.2, 0.25) is 0 Å². The van der Waals surface area contributed by atoms with E-state index in [9.17, 15) is 18.4 Å². The van der Waals surface area contributed by atoms with E-state index in [1.807, 2.05) is 4.90 Å². The number of hydrogen-bond donors (Lipinski definition) is 2. The molecule has 1 saturated heterocycles. The number of urea groups is 1. The van der Waals surface area contributed by atoms with E-state index in [0.29, 0.717) is 30.9 Å². The van der Waals surface area contributed by atoms with Crippen LogP contribution in [-0.2, 0) is 0 Å². The van der Waals surface area contributed by atoms with Crippen LogP contribution >= 0.6 is 0 Å². The van der Waals surface area contributed by atoms with Crippen molar-refractivity contribution in [1.29, 1.82) is 0 Å². The fourth-order valence-corrected chi connectivity index (χ4v) is 3.11. The van der Waals surface area contributed by atoms with Gasteiger partial charge in [-0.3, -0.25) is 4.79 Å². The third-order valence-electron chi connectivity index (χ3n) is 4.31. The Morgan fingerprint density at radius 3 is 2.54 bits per heavy atom. The van der Waals surface area contributed by atoms with Gasteiger partial charge in [0.05, 0.1) is 11.3 Å². The monoisotopic (exact) mass is 359 g/mol. The zero-order valence-corrected chi connectivity index (χ0v) is 14.3. The fraction of sp³-hybridized carbons (Fsp3) is 0.263. The van der Waals surface area contributed by atoms with Crippen molar-refractivity contribution in [2.75, 3.05) is 23.3 Å². The summed E-state index contributed by atoms with van der Waals surface area (Å²) in [6, 6.07) is 9.49. The summed E-state index contributed by atoms with van der Waals surface area (Å²) in [5.74, 6) is -1.25. The summed E-state index contributed by atoms with van der Waals surface area (Å²) in [7, 11) is 0. The average Bonchev–Trinajstić information content (AvgIpc) is 3.04. The van der Waals surface area contributed by atoms with Crippen molar-refractivity contribution in [1.82, 2.24) is 5.32 Å². The Labute approximate surface area is 150 Å². The van der Waals surface area contributed by atoms with E-state index in [4.69, 9.17) is 0 Å². The Bertz CT molecular complexity index is 824. The van der Waals surface area contributed by atoms with Crippen LogP contribution in [-0.4, -0.2) is 30.9 Å². The fourth-order valence-electron chi connectivity index (χ4n) is 3.11. The number of ketones is 1. The molecule has 3 rings (SSSR count). The number of nitrogens with one attached hydrogen (secondary N) is 2. The molecule has 1 aliphatic rings. The Kier molecular flexibility index (Phi) is 5.16. The number of benzene rings is 2. The SMILES string of the molecule is CC(=O)c1c(F)cccc1N1CCC(NC(=O)Nc2ccc(F)cc2)C1. The third kappa shape index (κ3) is 3.99. The zero-order valence-electron chi connectivity index (χ0n) is 14.3. The van der Waals surface area contributed by atoms with E-state index in [1.165, 1.54) is 37.3 Å². The molecule has 0 radical (unpaired) electrons. The van der Waals surface area contributed by atoms with E-state index in [0.717, 1.165) is 0 Å². The first kappa shape index (κ1) is 17.8. The predicted octanol–water partition coefficient (Wildman–Crippen LogP) is 3.57. The van der Waals surface area contributed by atoms with Crippen molar-refractivity contribution >= 4 is 23.2 Å². The average molecular weight is 359 g/mol. The molecule has 1 aliphatic heterocycles. The second kappa shape index (κ2) is 7.51. The van der Waals surface area contributed by atoms with Crippen LogP contribution in [0.1, 0.15) is 23.7 Å². The first-order valence-corrected chi connectivity index (χ1v) is 8.31. The Morgan fingerprint density at radius 2 is 1.85 bits per heavy atom. The smallest absolute Gasteiger partial charge is 0.319 e. The molecular weight excluding hydrogens is 340 g/mol. The van der Waals surface area contributed by atoms with Crippen LogP contribution in [0, 0.1) is 11.6 Å². The normalized spacial score (nSPS) is 16.4. The summed E-state index contributed by atoms with van der Waals surface area (Å²) in [5, 5.41) is 5.48. The highest BCUT2D eigenvalue weighted by molar-refractivity contribution is 6.00. The molecule has 1 atom stereocenters. The Balaban J connectivity index is 1.62. The molecule has 7 heteroatoms. The van der Waals surface area contributed by atoms with Crippen molar-refractivity contribution in [2.24, 2.45) is 0 Å². The van der Waals surface area contributed by atoms with Gasteiger partial charge in [-0.2, -0.15) is 0 Å².